The van der Waals surface area contributed by atoms with Gasteiger partial charge in [-0.25, -0.2) is 0 Å². The first-order chi connectivity index (χ1) is 13.6. The van der Waals surface area contributed by atoms with Gasteiger partial charge < -0.3 is 14.4 Å². The lowest BCUT2D eigenvalue weighted by atomic mass is 9.81. The van der Waals surface area contributed by atoms with Crippen molar-refractivity contribution in [3.05, 3.63) is 23.8 Å². The van der Waals surface area contributed by atoms with Crippen LogP contribution < -0.4 is 9.47 Å². The smallest absolute Gasteiger partial charge is 0.233 e. The van der Waals surface area contributed by atoms with Gasteiger partial charge in [0.1, 0.15) is 0 Å². The molecular formula is C21H26N2O5. The monoisotopic (exact) mass is 386 g/mol. The van der Waals surface area contributed by atoms with E-state index in [1.165, 1.54) is 4.90 Å². The fourth-order valence-electron chi connectivity index (χ4n) is 4.45. The van der Waals surface area contributed by atoms with Crippen LogP contribution >= 0.6 is 0 Å². The second-order valence-electron chi connectivity index (χ2n) is 7.67. The number of ether oxygens (including phenoxy) is 2. The number of hydrogen-bond donors (Lipinski definition) is 0. The molecule has 1 aromatic carbocycles. The van der Waals surface area contributed by atoms with Crippen molar-refractivity contribution < 1.29 is 23.9 Å². The molecule has 0 bridgehead atoms. The fourth-order valence-corrected chi connectivity index (χ4v) is 4.45. The Balaban J connectivity index is 1.35. The largest absolute Gasteiger partial charge is 0.454 e. The molecule has 0 spiro atoms. The van der Waals surface area contributed by atoms with Crippen LogP contribution in [0, 0.1) is 11.8 Å². The minimum Gasteiger partial charge on any atom is -0.454 e. The molecule has 0 unspecified atom stereocenters. The number of carbonyl (C=O) groups is 3. The van der Waals surface area contributed by atoms with Crippen LogP contribution in [-0.4, -0.2) is 47.4 Å². The van der Waals surface area contributed by atoms with E-state index in [2.05, 4.69) is 0 Å². The molecule has 1 aliphatic carbocycles. The van der Waals surface area contributed by atoms with Crippen molar-refractivity contribution in [1.82, 2.24) is 9.80 Å². The first kappa shape index (κ1) is 18.8. The normalized spacial score (nSPS) is 23.1. The average Bonchev–Trinajstić information content (AvgIpc) is 3.27. The molecule has 2 atom stereocenters. The highest BCUT2D eigenvalue weighted by Gasteiger charge is 2.47. The lowest BCUT2D eigenvalue weighted by Crippen LogP contribution is -2.37. The number of benzene rings is 1. The molecule has 2 fully saturated rings. The van der Waals surface area contributed by atoms with Crippen LogP contribution in [0.4, 0.5) is 0 Å². The molecule has 0 aromatic heterocycles. The van der Waals surface area contributed by atoms with Gasteiger partial charge in [-0.05, 0) is 37.5 Å². The lowest BCUT2D eigenvalue weighted by Gasteiger charge is -2.22. The van der Waals surface area contributed by atoms with E-state index >= 15 is 0 Å². The zero-order chi connectivity index (χ0) is 19.7. The molecule has 1 aromatic rings. The summed E-state index contributed by atoms with van der Waals surface area (Å²) in [6.07, 6.45) is 3.77. The van der Waals surface area contributed by atoms with Crippen LogP contribution in [0.3, 0.4) is 0 Å². The molecule has 28 heavy (non-hydrogen) atoms. The van der Waals surface area contributed by atoms with E-state index in [-0.39, 0.29) is 49.3 Å². The maximum absolute atomic E-state index is 12.7. The Bertz CT molecular complexity index is 769. The van der Waals surface area contributed by atoms with Crippen LogP contribution in [0.15, 0.2) is 18.2 Å². The van der Waals surface area contributed by atoms with Crippen molar-refractivity contribution >= 4 is 17.7 Å². The Kier molecular flexibility index (Phi) is 5.24. The number of carbonyl (C=O) groups excluding carboxylic acids is 3. The zero-order valence-corrected chi connectivity index (χ0v) is 16.2. The molecule has 1 saturated heterocycles. The van der Waals surface area contributed by atoms with Crippen molar-refractivity contribution in [3.8, 4) is 11.5 Å². The van der Waals surface area contributed by atoms with Gasteiger partial charge in [-0.15, -0.1) is 0 Å². The summed E-state index contributed by atoms with van der Waals surface area (Å²) in [6, 6.07) is 5.65. The summed E-state index contributed by atoms with van der Waals surface area (Å²) in [4.78, 5) is 40.9. The van der Waals surface area contributed by atoms with Crippen LogP contribution in [-0.2, 0) is 20.9 Å². The van der Waals surface area contributed by atoms with E-state index in [0.29, 0.717) is 24.6 Å². The lowest BCUT2D eigenvalue weighted by molar-refractivity contribution is -0.141. The minimum absolute atomic E-state index is 0.0596. The predicted octanol–water partition coefficient (Wildman–Crippen LogP) is 2.33. The minimum atomic E-state index is -0.160. The molecule has 2 aliphatic heterocycles. The van der Waals surface area contributed by atoms with Crippen LogP contribution in [0.5, 0.6) is 11.5 Å². The van der Waals surface area contributed by atoms with Gasteiger partial charge in [0.25, 0.3) is 0 Å². The predicted molar refractivity (Wildman–Crippen MR) is 100 cm³/mol. The number of rotatable bonds is 6. The van der Waals surface area contributed by atoms with Gasteiger partial charge in [0, 0.05) is 26.1 Å². The SMILES string of the molecule is CCN(Cc1ccc2c(c1)OCO2)C(=O)CCN1C(=O)[C@H]2CCCC[C@H]2C1=O. The van der Waals surface area contributed by atoms with E-state index < -0.39 is 0 Å². The molecule has 3 aliphatic rings. The summed E-state index contributed by atoms with van der Waals surface area (Å²) in [6.45, 7) is 3.33. The van der Waals surface area contributed by atoms with Crippen LogP contribution in [0.2, 0.25) is 0 Å². The van der Waals surface area contributed by atoms with Gasteiger partial charge in [0.15, 0.2) is 11.5 Å². The fraction of sp³-hybridized carbons (Fsp3) is 0.571. The van der Waals surface area contributed by atoms with Crippen molar-refractivity contribution in [1.29, 1.82) is 0 Å². The second kappa shape index (κ2) is 7.81. The Morgan fingerprint density at radius 2 is 1.79 bits per heavy atom. The van der Waals surface area contributed by atoms with Gasteiger partial charge >= 0.3 is 0 Å². The highest BCUT2D eigenvalue weighted by atomic mass is 16.7. The highest BCUT2D eigenvalue weighted by molar-refractivity contribution is 6.05. The van der Waals surface area contributed by atoms with Crippen molar-refractivity contribution in [2.75, 3.05) is 19.9 Å². The van der Waals surface area contributed by atoms with Gasteiger partial charge in [0.2, 0.25) is 24.5 Å². The van der Waals surface area contributed by atoms with Gasteiger partial charge in [0.05, 0.1) is 11.8 Å². The number of likely N-dealkylation sites (tertiary alicyclic amines) is 1. The molecule has 7 nitrogen and oxygen atoms in total. The summed E-state index contributed by atoms with van der Waals surface area (Å²) < 4.78 is 10.7. The van der Waals surface area contributed by atoms with Crippen molar-refractivity contribution in [3.63, 3.8) is 0 Å². The number of fused-ring (bicyclic) bond motifs is 2. The third-order valence-electron chi connectivity index (χ3n) is 6.03. The third-order valence-corrected chi connectivity index (χ3v) is 6.03. The van der Waals surface area contributed by atoms with E-state index in [4.69, 9.17) is 9.47 Å². The maximum Gasteiger partial charge on any atom is 0.233 e. The van der Waals surface area contributed by atoms with Crippen molar-refractivity contribution in [2.45, 2.75) is 45.6 Å². The third kappa shape index (κ3) is 3.45. The maximum atomic E-state index is 12.7. The Morgan fingerprint density at radius 3 is 2.46 bits per heavy atom. The van der Waals surface area contributed by atoms with Gasteiger partial charge in [-0.1, -0.05) is 18.9 Å². The molecule has 3 amide bonds. The van der Waals surface area contributed by atoms with E-state index in [1.807, 2.05) is 25.1 Å². The molecule has 2 heterocycles. The number of imide groups is 1. The number of nitrogens with zero attached hydrogens (tertiary/aromatic N) is 2. The van der Waals surface area contributed by atoms with Crippen molar-refractivity contribution in [2.24, 2.45) is 11.8 Å². The van der Waals surface area contributed by atoms with Gasteiger partial charge in [-0.2, -0.15) is 0 Å². The summed E-state index contributed by atoms with van der Waals surface area (Å²) in [5, 5.41) is 0. The number of hydrogen-bond acceptors (Lipinski definition) is 5. The summed E-state index contributed by atoms with van der Waals surface area (Å²) in [5.41, 5.74) is 0.957. The summed E-state index contributed by atoms with van der Waals surface area (Å²) in [5.74, 6) is 0.861. The molecule has 4 rings (SSSR count). The molecular weight excluding hydrogens is 360 g/mol. The standard InChI is InChI=1S/C21H26N2O5/c1-2-22(12-14-7-8-17-18(11-14)28-13-27-17)19(24)9-10-23-20(25)15-5-3-4-6-16(15)21(23)26/h7-8,11,15-16H,2-6,9-10,12-13H2,1H3/t15-,16+. The topological polar surface area (TPSA) is 76.2 Å². The highest BCUT2D eigenvalue weighted by Crippen LogP contribution is 2.38. The molecule has 150 valence electrons. The average molecular weight is 386 g/mol. The summed E-state index contributed by atoms with van der Waals surface area (Å²) in [7, 11) is 0. The van der Waals surface area contributed by atoms with Crippen LogP contribution in [0.25, 0.3) is 0 Å². The second-order valence-corrected chi connectivity index (χ2v) is 7.67. The summed E-state index contributed by atoms with van der Waals surface area (Å²) >= 11 is 0. The molecule has 7 heteroatoms. The Labute approximate surface area is 164 Å². The Hall–Kier alpha value is -2.57. The molecule has 0 radical (unpaired) electrons. The van der Waals surface area contributed by atoms with Gasteiger partial charge in [-0.3, -0.25) is 19.3 Å². The molecule has 0 N–H and O–H groups in total. The quantitative estimate of drug-likeness (QED) is 0.702. The Morgan fingerprint density at radius 1 is 1.11 bits per heavy atom. The zero-order valence-electron chi connectivity index (χ0n) is 16.2. The first-order valence-corrected chi connectivity index (χ1v) is 10.1. The van der Waals surface area contributed by atoms with E-state index in [9.17, 15) is 14.4 Å². The van der Waals surface area contributed by atoms with E-state index in [0.717, 1.165) is 31.2 Å². The van der Waals surface area contributed by atoms with Crippen LogP contribution in [0.1, 0.15) is 44.6 Å². The first-order valence-electron chi connectivity index (χ1n) is 10.1. The number of amides is 3. The van der Waals surface area contributed by atoms with E-state index in [1.54, 1.807) is 4.90 Å². The molecule has 1 saturated carbocycles.